The molecular weight excluding hydrogens is 492 g/mol. The average Bonchev–Trinajstić information content (AvgIpc) is 3.34. The third kappa shape index (κ3) is 8.64. The smallest absolute Gasteiger partial charge is 0.328 e. The molecule has 3 amide bonds. The van der Waals surface area contributed by atoms with E-state index in [1.54, 1.807) is 25.6 Å². The second kappa shape index (κ2) is 13.6. The number of esters is 1. The SMILES string of the molecule is COC(=O)[C@@H](C)NC(=O)[C@@H](N)Cc1cc(C)nn1C.Cc1cc(C[C@@H]2NC(=O)[C@@H](C)NC2=O)n[nH]1.Cl. The van der Waals surface area contributed by atoms with Crippen molar-refractivity contribution in [2.75, 3.05) is 7.11 Å². The Bertz CT molecular complexity index is 1070. The summed E-state index contributed by atoms with van der Waals surface area (Å²) in [6.45, 7) is 6.96. The summed E-state index contributed by atoms with van der Waals surface area (Å²) < 4.78 is 6.21. The van der Waals surface area contributed by atoms with Crippen LogP contribution in [-0.2, 0) is 43.8 Å². The average molecular weight is 527 g/mol. The highest BCUT2D eigenvalue weighted by Crippen LogP contribution is 2.06. The lowest BCUT2D eigenvalue weighted by Crippen LogP contribution is -2.61. The molecule has 200 valence electrons. The number of aromatic nitrogens is 4. The largest absolute Gasteiger partial charge is 0.467 e. The minimum absolute atomic E-state index is 0. The van der Waals surface area contributed by atoms with Gasteiger partial charge < -0.3 is 26.4 Å². The Kier molecular flexibility index (Phi) is 11.5. The molecule has 1 aliphatic heterocycles. The highest BCUT2D eigenvalue weighted by atomic mass is 35.5. The highest BCUT2D eigenvalue weighted by Gasteiger charge is 2.31. The number of nitrogens with one attached hydrogen (secondary N) is 4. The maximum Gasteiger partial charge on any atom is 0.328 e. The van der Waals surface area contributed by atoms with Crippen molar-refractivity contribution in [3.63, 3.8) is 0 Å². The van der Waals surface area contributed by atoms with Crippen molar-refractivity contribution >= 4 is 36.1 Å². The van der Waals surface area contributed by atoms with Gasteiger partial charge in [-0.3, -0.25) is 24.2 Å². The Morgan fingerprint density at radius 3 is 2.42 bits per heavy atom. The van der Waals surface area contributed by atoms with Crippen molar-refractivity contribution in [3.05, 3.63) is 34.9 Å². The summed E-state index contributed by atoms with van der Waals surface area (Å²) in [6.07, 6.45) is 0.770. The van der Waals surface area contributed by atoms with Crippen LogP contribution in [0.3, 0.4) is 0 Å². The normalized spacial score (nSPS) is 18.4. The summed E-state index contributed by atoms with van der Waals surface area (Å²) in [4.78, 5) is 46.0. The second-order valence-electron chi connectivity index (χ2n) is 8.50. The number of methoxy groups -OCH3 is 1. The Balaban J connectivity index is 0.000000354. The third-order valence-electron chi connectivity index (χ3n) is 5.34. The van der Waals surface area contributed by atoms with Gasteiger partial charge in [0.15, 0.2) is 0 Å². The Morgan fingerprint density at radius 1 is 1.22 bits per heavy atom. The maximum absolute atomic E-state index is 11.8. The van der Waals surface area contributed by atoms with E-state index in [4.69, 9.17) is 5.73 Å². The summed E-state index contributed by atoms with van der Waals surface area (Å²) in [6, 6.07) is 1.31. The summed E-state index contributed by atoms with van der Waals surface area (Å²) >= 11 is 0. The fraction of sp³-hybridized carbons (Fsp3) is 0.545. The van der Waals surface area contributed by atoms with Crippen LogP contribution in [0.4, 0.5) is 0 Å². The number of hydrogen-bond donors (Lipinski definition) is 5. The van der Waals surface area contributed by atoms with Gasteiger partial charge in [0.25, 0.3) is 0 Å². The van der Waals surface area contributed by atoms with E-state index >= 15 is 0 Å². The van der Waals surface area contributed by atoms with Crippen LogP contribution >= 0.6 is 12.4 Å². The first kappa shape index (κ1) is 30.6. The van der Waals surface area contributed by atoms with Crippen LogP contribution < -0.4 is 21.7 Å². The molecule has 4 atom stereocenters. The summed E-state index contributed by atoms with van der Waals surface area (Å²) in [5.74, 6) is -1.21. The van der Waals surface area contributed by atoms with Gasteiger partial charge >= 0.3 is 5.97 Å². The van der Waals surface area contributed by atoms with Crippen LogP contribution in [0.15, 0.2) is 12.1 Å². The summed E-state index contributed by atoms with van der Waals surface area (Å²) in [5, 5.41) is 18.8. The molecule has 36 heavy (non-hydrogen) atoms. The van der Waals surface area contributed by atoms with E-state index in [0.717, 1.165) is 22.8 Å². The van der Waals surface area contributed by atoms with Gasteiger partial charge in [-0.15, -0.1) is 12.4 Å². The number of nitrogens with two attached hydrogens (primary N) is 1. The highest BCUT2D eigenvalue weighted by molar-refractivity contribution is 5.96. The molecule has 6 N–H and O–H groups in total. The van der Waals surface area contributed by atoms with Gasteiger partial charge in [-0.1, -0.05) is 0 Å². The molecule has 3 rings (SSSR count). The van der Waals surface area contributed by atoms with Gasteiger partial charge in [-0.2, -0.15) is 10.2 Å². The molecule has 13 nitrogen and oxygen atoms in total. The predicted molar refractivity (Wildman–Crippen MR) is 133 cm³/mol. The Labute approximate surface area is 215 Å². The number of H-pyrrole nitrogens is 1. The standard InChI is InChI=1S/C12H20N4O3.C10H14N4O2.ClH/c1-7-5-9(16(3)15-7)6-10(13)11(17)14-8(2)12(18)19-4;1-5-3-7(14-13-5)4-8-10(16)11-6(2)9(15)12-8;/h5,8,10H,6,13H2,1-4H3,(H,14,17);3,6,8H,4H2,1-2H3,(H,11,16)(H,12,15)(H,13,14);1H/t8-,10+;6-,8+;/m11./s1. The van der Waals surface area contributed by atoms with Crippen molar-refractivity contribution in [2.45, 2.75) is 64.7 Å². The molecule has 0 aliphatic carbocycles. The minimum atomic E-state index is -0.734. The molecule has 1 aliphatic rings. The van der Waals surface area contributed by atoms with E-state index in [-0.39, 0.29) is 24.2 Å². The number of hydrogen-bond acceptors (Lipinski definition) is 8. The molecule has 1 saturated heterocycles. The first-order valence-electron chi connectivity index (χ1n) is 11.2. The van der Waals surface area contributed by atoms with Gasteiger partial charge in [0.1, 0.15) is 18.1 Å². The quantitative estimate of drug-likeness (QED) is 0.283. The fourth-order valence-electron chi connectivity index (χ4n) is 3.40. The number of aryl methyl sites for hydroxylation is 3. The third-order valence-corrected chi connectivity index (χ3v) is 5.34. The minimum Gasteiger partial charge on any atom is -0.467 e. The molecule has 0 saturated carbocycles. The topological polar surface area (TPSA) is 186 Å². The number of halogens is 1. The van der Waals surface area contributed by atoms with Crippen LogP contribution in [-0.4, -0.2) is 74.9 Å². The number of amides is 3. The van der Waals surface area contributed by atoms with Crippen molar-refractivity contribution in [2.24, 2.45) is 12.8 Å². The molecule has 0 spiro atoms. The predicted octanol–water partition coefficient (Wildman–Crippen LogP) is -1.04. The number of carbonyl (C=O) groups is 4. The first-order chi connectivity index (χ1) is 16.4. The number of ether oxygens (including phenoxy) is 1. The monoisotopic (exact) mass is 526 g/mol. The van der Waals surface area contributed by atoms with Gasteiger partial charge in [-0.25, -0.2) is 4.79 Å². The van der Waals surface area contributed by atoms with Crippen LogP contribution in [0.1, 0.15) is 36.6 Å². The van der Waals surface area contributed by atoms with Crippen LogP contribution in [0.25, 0.3) is 0 Å². The van der Waals surface area contributed by atoms with Crippen molar-refractivity contribution in [1.29, 1.82) is 0 Å². The van der Waals surface area contributed by atoms with E-state index in [1.807, 2.05) is 26.0 Å². The number of carbonyl (C=O) groups excluding carboxylic acids is 4. The molecule has 0 aromatic carbocycles. The van der Waals surface area contributed by atoms with E-state index in [2.05, 4.69) is 36.0 Å². The molecule has 0 unspecified atom stereocenters. The van der Waals surface area contributed by atoms with E-state index in [0.29, 0.717) is 12.8 Å². The first-order valence-corrected chi connectivity index (χ1v) is 11.2. The fourth-order valence-corrected chi connectivity index (χ4v) is 3.40. The Morgan fingerprint density at radius 2 is 1.89 bits per heavy atom. The molecular formula is C22H35ClN8O5. The number of nitrogens with zero attached hydrogens (tertiary/aromatic N) is 3. The van der Waals surface area contributed by atoms with E-state index in [1.165, 1.54) is 7.11 Å². The summed E-state index contributed by atoms with van der Waals surface area (Å²) in [5.41, 5.74) is 9.25. The lowest BCUT2D eigenvalue weighted by Gasteiger charge is -2.26. The molecule has 3 heterocycles. The zero-order valence-corrected chi connectivity index (χ0v) is 22.1. The van der Waals surface area contributed by atoms with Crippen molar-refractivity contribution < 1.29 is 23.9 Å². The zero-order valence-electron chi connectivity index (χ0n) is 21.2. The van der Waals surface area contributed by atoms with Gasteiger partial charge in [-0.05, 0) is 39.8 Å². The number of aromatic amines is 1. The molecule has 14 heteroatoms. The molecule has 2 aromatic rings. The van der Waals surface area contributed by atoms with Gasteiger partial charge in [0.05, 0.1) is 24.5 Å². The lowest BCUT2D eigenvalue weighted by atomic mass is 10.1. The van der Waals surface area contributed by atoms with Gasteiger partial charge in [0.2, 0.25) is 17.7 Å². The van der Waals surface area contributed by atoms with Crippen molar-refractivity contribution in [1.82, 2.24) is 35.9 Å². The second-order valence-corrected chi connectivity index (χ2v) is 8.50. The molecule has 1 fully saturated rings. The maximum atomic E-state index is 11.8. The Hall–Kier alpha value is -3.45. The van der Waals surface area contributed by atoms with E-state index in [9.17, 15) is 19.2 Å². The van der Waals surface area contributed by atoms with Gasteiger partial charge in [0, 0.05) is 31.3 Å². The number of rotatable bonds is 7. The van der Waals surface area contributed by atoms with Crippen LogP contribution in [0.2, 0.25) is 0 Å². The number of piperazine rings is 1. The molecule has 2 aromatic heterocycles. The lowest BCUT2D eigenvalue weighted by molar-refractivity contribution is -0.144. The van der Waals surface area contributed by atoms with Crippen molar-refractivity contribution in [3.8, 4) is 0 Å². The van der Waals surface area contributed by atoms with E-state index < -0.39 is 36.0 Å². The summed E-state index contributed by atoms with van der Waals surface area (Å²) in [7, 11) is 3.06. The van der Waals surface area contributed by atoms with Crippen LogP contribution in [0, 0.1) is 13.8 Å². The zero-order chi connectivity index (χ0) is 26.3. The van der Waals surface area contributed by atoms with Crippen LogP contribution in [0.5, 0.6) is 0 Å². The molecule has 0 radical (unpaired) electrons. The molecule has 0 bridgehead atoms.